The molecule has 2 aromatic rings. The molecule has 0 saturated carbocycles. The first kappa shape index (κ1) is 13.4. The second-order valence-electron chi connectivity index (χ2n) is 5.17. The fraction of sp³-hybridized carbons (Fsp3) is 0.312. The normalized spacial score (nSPS) is 11.1. The summed E-state index contributed by atoms with van der Waals surface area (Å²) in [6, 6.07) is 16.2. The van der Waals surface area contributed by atoms with Crippen molar-refractivity contribution in [1.29, 1.82) is 0 Å². The Morgan fingerprint density at radius 3 is 2.47 bits per heavy atom. The van der Waals surface area contributed by atoms with Crippen LogP contribution in [-0.2, 0) is 5.41 Å². The van der Waals surface area contributed by atoms with E-state index in [2.05, 4.69) is 48.4 Å². The SMILES string of the molecule is COc1cccc(NCC(C)(C)c2ccccc2)n1. The largest absolute Gasteiger partial charge is 0.481 e. The number of pyridine rings is 1. The van der Waals surface area contributed by atoms with Gasteiger partial charge in [-0.05, 0) is 11.6 Å². The summed E-state index contributed by atoms with van der Waals surface area (Å²) in [4.78, 5) is 4.35. The van der Waals surface area contributed by atoms with Crippen LogP contribution in [0.3, 0.4) is 0 Å². The minimum atomic E-state index is 0.0476. The molecular weight excluding hydrogens is 236 g/mol. The van der Waals surface area contributed by atoms with Crippen molar-refractivity contribution in [3.05, 3.63) is 54.1 Å². The second kappa shape index (κ2) is 5.74. The van der Waals surface area contributed by atoms with Crippen LogP contribution in [0.4, 0.5) is 5.82 Å². The zero-order chi connectivity index (χ0) is 13.7. The first-order valence-electron chi connectivity index (χ1n) is 6.42. The molecule has 100 valence electrons. The van der Waals surface area contributed by atoms with E-state index in [9.17, 15) is 0 Å². The number of hydrogen-bond donors (Lipinski definition) is 1. The molecule has 0 aliphatic rings. The fourth-order valence-corrected chi connectivity index (χ4v) is 1.93. The minimum Gasteiger partial charge on any atom is -0.481 e. The third-order valence-electron chi connectivity index (χ3n) is 3.20. The van der Waals surface area contributed by atoms with E-state index in [0.717, 1.165) is 12.4 Å². The van der Waals surface area contributed by atoms with E-state index in [-0.39, 0.29) is 5.41 Å². The highest BCUT2D eigenvalue weighted by Crippen LogP contribution is 2.23. The summed E-state index contributed by atoms with van der Waals surface area (Å²) in [5.74, 6) is 1.46. The van der Waals surface area contributed by atoms with Gasteiger partial charge in [0.05, 0.1) is 7.11 Å². The van der Waals surface area contributed by atoms with Gasteiger partial charge in [0.1, 0.15) is 5.82 Å². The van der Waals surface area contributed by atoms with Crippen LogP contribution in [0.25, 0.3) is 0 Å². The van der Waals surface area contributed by atoms with E-state index < -0.39 is 0 Å². The number of nitrogens with one attached hydrogen (secondary N) is 1. The number of nitrogens with zero attached hydrogens (tertiary/aromatic N) is 1. The third kappa shape index (κ3) is 3.47. The molecular formula is C16H20N2O. The molecule has 1 aromatic heterocycles. The van der Waals surface area contributed by atoms with Gasteiger partial charge in [0.2, 0.25) is 5.88 Å². The number of methoxy groups -OCH3 is 1. The van der Waals surface area contributed by atoms with Crippen molar-refractivity contribution in [3.8, 4) is 5.88 Å². The van der Waals surface area contributed by atoms with Gasteiger partial charge in [0.15, 0.2) is 0 Å². The maximum absolute atomic E-state index is 5.12. The van der Waals surface area contributed by atoms with Gasteiger partial charge in [0.25, 0.3) is 0 Å². The summed E-state index contributed by atoms with van der Waals surface area (Å²) in [5.41, 5.74) is 1.36. The van der Waals surface area contributed by atoms with Crippen molar-refractivity contribution in [1.82, 2.24) is 4.98 Å². The van der Waals surface area contributed by atoms with E-state index >= 15 is 0 Å². The van der Waals surface area contributed by atoms with Crippen LogP contribution in [0.2, 0.25) is 0 Å². The first-order chi connectivity index (χ1) is 9.12. The Kier molecular flexibility index (Phi) is 4.05. The number of hydrogen-bond acceptors (Lipinski definition) is 3. The second-order valence-corrected chi connectivity index (χ2v) is 5.17. The molecule has 1 N–H and O–H groups in total. The lowest BCUT2D eigenvalue weighted by Crippen LogP contribution is -2.27. The van der Waals surface area contributed by atoms with Crippen LogP contribution >= 0.6 is 0 Å². The first-order valence-corrected chi connectivity index (χ1v) is 6.42. The van der Waals surface area contributed by atoms with Crippen molar-refractivity contribution in [2.75, 3.05) is 19.0 Å². The van der Waals surface area contributed by atoms with E-state index in [1.807, 2.05) is 24.3 Å². The van der Waals surface area contributed by atoms with Gasteiger partial charge in [-0.1, -0.05) is 50.2 Å². The smallest absolute Gasteiger partial charge is 0.214 e. The molecule has 19 heavy (non-hydrogen) atoms. The monoisotopic (exact) mass is 256 g/mol. The Morgan fingerprint density at radius 1 is 1.05 bits per heavy atom. The lowest BCUT2D eigenvalue weighted by atomic mass is 9.85. The Balaban J connectivity index is 2.05. The standard InChI is InChI=1S/C16H20N2O/c1-16(2,13-8-5-4-6-9-13)12-17-14-10-7-11-15(18-14)19-3/h4-11H,12H2,1-3H3,(H,17,18). The molecule has 2 rings (SSSR count). The van der Waals surface area contributed by atoms with Crippen molar-refractivity contribution in [3.63, 3.8) is 0 Å². The molecule has 0 aliphatic heterocycles. The number of ether oxygens (including phenoxy) is 1. The summed E-state index contributed by atoms with van der Waals surface area (Å²) in [5, 5.41) is 3.37. The Morgan fingerprint density at radius 2 is 1.79 bits per heavy atom. The summed E-state index contributed by atoms with van der Waals surface area (Å²) >= 11 is 0. The molecule has 0 radical (unpaired) electrons. The number of anilines is 1. The van der Waals surface area contributed by atoms with Gasteiger partial charge in [-0.3, -0.25) is 0 Å². The maximum Gasteiger partial charge on any atom is 0.214 e. The topological polar surface area (TPSA) is 34.1 Å². The molecule has 1 heterocycles. The molecule has 0 aliphatic carbocycles. The molecule has 0 unspecified atom stereocenters. The van der Waals surface area contributed by atoms with Gasteiger partial charge >= 0.3 is 0 Å². The fourth-order valence-electron chi connectivity index (χ4n) is 1.93. The molecule has 0 saturated heterocycles. The number of rotatable bonds is 5. The average molecular weight is 256 g/mol. The summed E-state index contributed by atoms with van der Waals surface area (Å²) in [7, 11) is 1.63. The van der Waals surface area contributed by atoms with Gasteiger partial charge in [0, 0.05) is 18.0 Å². The Hall–Kier alpha value is -2.03. The van der Waals surface area contributed by atoms with Gasteiger partial charge in [-0.25, -0.2) is 0 Å². The lowest BCUT2D eigenvalue weighted by Gasteiger charge is -2.26. The van der Waals surface area contributed by atoms with Crippen molar-refractivity contribution in [2.24, 2.45) is 0 Å². The van der Waals surface area contributed by atoms with Gasteiger partial charge in [-0.15, -0.1) is 0 Å². The van der Waals surface area contributed by atoms with Crippen LogP contribution in [0.1, 0.15) is 19.4 Å². The van der Waals surface area contributed by atoms with Gasteiger partial charge in [-0.2, -0.15) is 4.98 Å². The maximum atomic E-state index is 5.12. The molecule has 0 spiro atoms. The quantitative estimate of drug-likeness (QED) is 0.889. The van der Waals surface area contributed by atoms with E-state index in [1.165, 1.54) is 5.56 Å². The molecule has 0 fully saturated rings. The van der Waals surface area contributed by atoms with Crippen LogP contribution in [0, 0.1) is 0 Å². The summed E-state index contributed by atoms with van der Waals surface area (Å²) in [6.07, 6.45) is 0. The lowest BCUT2D eigenvalue weighted by molar-refractivity contribution is 0.398. The van der Waals surface area contributed by atoms with Crippen molar-refractivity contribution >= 4 is 5.82 Å². The molecule has 1 aromatic carbocycles. The molecule has 0 amide bonds. The summed E-state index contributed by atoms with van der Waals surface area (Å²) in [6.45, 7) is 5.25. The van der Waals surface area contributed by atoms with E-state index in [1.54, 1.807) is 7.11 Å². The van der Waals surface area contributed by atoms with Crippen LogP contribution in [0.15, 0.2) is 48.5 Å². The highest BCUT2D eigenvalue weighted by atomic mass is 16.5. The van der Waals surface area contributed by atoms with E-state index in [4.69, 9.17) is 4.74 Å². The molecule has 3 nitrogen and oxygen atoms in total. The average Bonchev–Trinajstić information content (AvgIpc) is 2.46. The zero-order valence-electron chi connectivity index (χ0n) is 11.7. The molecule has 0 bridgehead atoms. The molecule has 3 heteroatoms. The van der Waals surface area contributed by atoms with E-state index in [0.29, 0.717) is 5.88 Å². The van der Waals surface area contributed by atoms with Crippen LogP contribution in [0.5, 0.6) is 5.88 Å². The minimum absolute atomic E-state index is 0.0476. The Labute approximate surface area is 114 Å². The Bertz CT molecular complexity index is 523. The highest BCUT2D eigenvalue weighted by molar-refractivity contribution is 5.38. The predicted octanol–water partition coefficient (Wildman–Crippen LogP) is 3.48. The third-order valence-corrected chi connectivity index (χ3v) is 3.20. The summed E-state index contributed by atoms with van der Waals surface area (Å²) < 4.78 is 5.12. The van der Waals surface area contributed by atoms with Crippen molar-refractivity contribution in [2.45, 2.75) is 19.3 Å². The van der Waals surface area contributed by atoms with Gasteiger partial charge < -0.3 is 10.1 Å². The van der Waals surface area contributed by atoms with Crippen LogP contribution in [-0.4, -0.2) is 18.6 Å². The van der Waals surface area contributed by atoms with Crippen molar-refractivity contribution < 1.29 is 4.74 Å². The van der Waals surface area contributed by atoms with Crippen LogP contribution < -0.4 is 10.1 Å². The zero-order valence-corrected chi connectivity index (χ0v) is 11.7. The number of aromatic nitrogens is 1. The molecule has 0 atom stereocenters. The predicted molar refractivity (Wildman–Crippen MR) is 78.7 cm³/mol. The highest BCUT2D eigenvalue weighted by Gasteiger charge is 2.20. The number of benzene rings is 1.